The van der Waals surface area contributed by atoms with Crippen molar-refractivity contribution in [3.8, 4) is 17.0 Å². The maximum atomic E-state index is 11.4. The highest BCUT2D eigenvalue weighted by Gasteiger charge is 2.18. The Labute approximate surface area is 104 Å². The van der Waals surface area contributed by atoms with Gasteiger partial charge in [0, 0.05) is 5.56 Å². The summed E-state index contributed by atoms with van der Waals surface area (Å²) in [5, 5.41) is 6.59. The van der Waals surface area contributed by atoms with E-state index >= 15 is 0 Å². The van der Waals surface area contributed by atoms with Crippen molar-refractivity contribution in [3.63, 3.8) is 0 Å². The number of anilines is 1. The van der Waals surface area contributed by atoms with Crippen molar-refractivity contribution in [1.82, 2.24) is 10.2 Å². The number of hydrogen-bond donors (Lipinski definition) is 2. The number of nitrogens with zero attached hydrogens (tertiary/aromatic N) is 1. The van der Waals surface area contributed by atoms with E-state index in [0.717, 1.165) is 11.3 Å². The summed E-state index contributed by atoms with van der Waals surface area (Å²) in [6, 6.07) is 7.21. The SMILES string of the molecule is COC(=O)c1[nH]nc(-c2ccc(OC)cc2)c1N. The van der Waals surface area contributed by atoms with Crippen LogP contribution < -0.4 is 10.5 Å². The van der Waals surface area contributed by atoms with Crippen LogP contribution in [0.3, 0.4) is 0 Å². The van der Waals surface area contributed by atoms with Crippen molar-refractivity contribution in [3.05, 3.63) is 30.0 Å². The van der Waals surface area contributed by atoms with E-state index in [9.17, 15) is 4.79 Å². The van der Waals surface area contributed by atoms with E-state index in [4.69, 9.17) is 10.5 Å². The van der Waals surface area contributed by atoms with E-state index in [0.29, 0.717) is 5.69 Å². The summed E-state index contributed by atoms with van der Waals surface area (Å²) < 4.78 is 9.66. The van der Waals surface area contributed by atoms with Gasteiger partial charge in [0.1, 0.15) is 11.4 Å². The number of benzene rings is 1. The van der Waals surface area contributed by atoms with Crippen LogP contribution in [0, 0.1) is 0 Å². The van der Waals surface area contributed by atoms with Crippen molar-refractivity contribution >= 4 is 11.7 Å². The molecule has 2 rings (SSSR count). The minimum absolute atomic E-state index is 0.156. The molecule has 0 atom stereocenters. The minimum atomic E-state index is -0.542. The summed E-state index contributed by atoms with van der Waals surface area (Å²) in [5.74, 6) is 0.195. The molecule has 1 heterocycles. The Hall–Kier alpha value is -2.50. The average molecular weight is 247 g/mol. The van der Waals surface area contributed by atoms with Crippen LogP contribution in [0.2, 0.25) is 0 Å². The molecule has 0 saturated heterocycles. The summed E-state index contributed by atoms with van der Waals surface area (Å²) >= 11 is 0. The topological polar surface area (TPSA) is 90.2 Å². The Bertz CT molecular complexity index is 560. The fraction of sp³-hybridized carbons (Fsp3) is 0.167. The Balaban J connectivity index is 2.39. The third kappa shape index (κ3) is 2.00. The Morgan fingerprint density at radius 1 is 1.28 bits per heavy atom. The number of aromatic nitrogens is 2. The van der Waals surface area contributed by atoms with Crippen molar-refractivity contribution in [2.24, 2.45) is 0 Å². The lowest BCUT2D eigenvalue weighted by atomic mass is 10.1. The van der Waals surface area contributed by atoms with Crippen molar-refractivity contribution in [2.45, 2.75) is 0 Å². The Morgan fingerprint density at radius 2 is 1.94 bits per heavy atom. The lowest BCUT2D eigenvalue weighted by Gasteiger charge is -2.02. The number of methoxy groups -OCH3 is 2. The number of ether oxygens (including phenoxy) is 2. The molecule has 0 saturated carbocycles. The van der Waals surface area contributed by atoms with Crippen LogP contribution in [0.15, 0.2) is 24.3 Å². The molecule has 94 valence electrons. The lowest BCUT2D eigenvalue weighted by molar-refractivity contribution is 0.0595. The van der Waals surface area contributed by atoms with Crippen LogP contribution >= 0.6 is 0 Å². The maximum Gasteiger partial charge on any atom is 0.358 e. The Morgan fingerprint density at radius 3 is 2.50 bits per heavy atom. The molecular formula is C12H13N3O3. The molecule has 0 bridgehead atoms. The molecule has 3 N–H and O–H groups in total. The van der Waals surface area contributed by atoms with Gasteiger partial charge in [-0.25, -0.2) is 4.79 Å². The monoisotopic (exact) mass is 247 g/mol. The largest absolute Gasteiger partial charge is 0.497 e. The van der Waals surface area contributed by atoms with Gasteiger partial charge in [-0.05, 0) is 24.3 Å². The highest BCUT2D eigenvalue weighted by Crippen LogP contribution is 2.27. The molecule has 6 nitrogen and oxygen atoms in total. The molecule has 1 aromatic heterocycles. The number of nitrogen functional groups attached to an aromatic ring is 1. The standard InChI is InChI=1S/C12H13N3O3/c1-17-8-5-3-7(4-6-8)10-9(13)11(15-14-10)12(16)18-2/h3-6H,13H2,1-2H3,(H,14,15). The van der Waals surface area contributed by atoms with Crippen LogP contribution in [-0.4, -0.2) is 30.4 Å². The predicted octanol–water partition coefficient (Wildman–Crippen LogP) is 1.45. The Kier molecular flexibility index (Phi) is 3.18. The molecule has 0 aliphatic carbocycles. The fourth-order valence-corrected chi connectivity index (χ4v) is 1.58. The maximum absolute atomic E-state index is 11.4. The number of nitrogens with one attached hydrogen (secondary N) is 1. The van der Waals surface area contributed by atoms with Gasteiger partial charge >= 0.3 is 5.97 Å². The first-order valence-corrected chi connectivity index (χ1v) is 5.24. The predicted molar refractivity (Wildman–Crippen MR) is 66.3 cm³/mol. The van der Waals surface area contributed by atoms with Gasteiger partial charge in [-0.15, -0.1) is 0 Å². The quantitative estimate of drug-likeness (QED) is 0.801. The number of carbonyl (C=O) groups is 1. The molecule has 1 aromatic carbocycles. The highest BCUT2D eigenvalue weighted by atomic mass is 16.5. The van der Waals surface area contributed by atoms with Gasteiger partial charge in [0.25, 0.3) is 0 Å². The van der Waals surface area contributed by atoms with Gasteiger partial charge in [-0.3, -0.25) is 5.10 Å². The number of rotatable bonds is 3. The van der Waals surface area contributed by atoms with E-state index < -0.39 is 5.97 Å². The first-order valence-electron chi connectivity index (χ1n) is 5.24. The van der Waals surface area contributed by atoms with Gasteiger partial charge in [0.15, 0.2) is 5.69 Å². The van der Waals surface area contributed by atoms with Crippen molar-refractivity contribution in [2.75, 3.05) is 20.0 Å². The molecule has 0 aliphatic heterocycles. The van der Waals surface area contributed by atoms with Gasteiger partial charge in [0.2, 0.25) is 0 Å². The molecule has 18 heavy (non-hydrogen) atoms. The zero-order chi connectivity index (χ0) is 13.1. The number of carbonyl (C=O) groups excluding carboxylic acids is 1. The van der Waals surface area contributed by atoms with Crippen molar-refractivity contribution < 1.29 is 14.3 Å². The number of hydrogen-bond acceptors (Lipinski definition) is 5. The second-order valence-electron chi connectivity index (χ2n) is 3.58. The van der Waals surface area contributed by atoms with Gasteiger partial charge in [-0.1, -0.05) is 0 Å². The van der Waals surface area contributed by atoms with Crippen LogP contribution in [0.25, 0.3) is 11.3 Å². The fourth-order valence-electron chi connectivity index (χ4n) is 1.58. The van der Waals surface area contributed by atoms with Crippen LogP contribution in [0.1, 0.15) is 10.5 Å². The summed E-state index contributed by atoms with van der Waals surface area (Å²) in [6.07, 6.45) is 0. The molecular weight excluding hydrogens is 234 g/mol. The molecule has 0 amide bonds. The van der Waals surface area contributed by atoms with E-state index in [2.05, 4.69) is 14.9 Å². The number of nitrogens with two attached hydrogens (primary N) is 1. The minimum Gasteiger partial charge on any atom is -0.497 e. The normalized spacial score (nSPS) is 10.1. The molecule has 0 radical (unpaired) electrons. The number of esters is 1. The molecule has 0 aliphatic rings. The van der Waals surface area contributed by atoms with Crippen LogP contribution in [-0.2, 0) is 4.74 Å². The van der Waals surface area contributed by atoms with Crippen molar-refractivity contribution in [1.29, 1.82) is 0 Å². The molecule has 0 fully saturated rings. The third-order valence-corrected chi connectivity index (χ3v) is 2.56. The second-order valence-corrected chi connectivity index (χ2v) is 3.58. The highest BCUT2D eigenvalue weighted by molar-refractivity contribution is 5.96. The summed E-state index contributed by atoms with van der Waals surface area (Å²) in [6.45, 7) is 0. The van der Waals surface area contributed by atoms with Crippen LogP contribution in [0.5, 0.6) is 5.75 Å². The number of aromatic amines is 1. The first kappa shape index (κ1) is 12.0. The van der Waals surface area contributed by atoms with Gasteiger partial charge < -0.3 is 15.2 Å². The summed E-state index contributed by atoms with van der Waals surface area (Å²) in [5.41, 5.74) is 7.59. The zero-order valence-electron chi connectivity index (χ0n) is 10.1. The molecule has 0 spiro atoms. The lowest BCUT2D eigenvalue weighted by Crippen LogP contribution is -2.04. The summed E-state index contributed by atoms with van der Waals surface area (Å²) in [7, 11) is 2.88. The zero-order valence-corrected chi connectivity index (χ0v) is 10.1. The van der Waals surface area contributed by atoms with Gasteiger partial charge in [-0.2, -0.15) is 5.10 Å². The molecule has 6 heteroatoms. The first-order chi connectivity index (χ1) is 8.67. The third-order valence-electron chi connectivity index (χ3n) is 2.56. The smallest absolute Gasteiger partial charge is 0.358 e. The second kappa shape index (κ2) is 4.79. The molecule has 2 aromatic rings. The van der Waals surface area contributed by atoms with E-state index in [1.807, 2.05) is 12.1 Å². The van der Waals surface area contributed by atoms with E-state index in [-0.39, 0.29) is 11.4 Å². The molecule has 0 unspecified atom stereocenters. The van der Waals surface area contributed by atoms with E-state index in [1.165, 1.54) is 7.11 Å². The number of H-pyrrole nitrogens is 1. The average Bonchev–Trinajstić information content (AvgIpc) is 2.80. The van der Waals surface area contributed by atoms with Gasteiger partial charge in [0.05, 0.1) is 19.9 Å². The van der Waals surface area contributed by atoms with E-state index in [1.54, 1.807) is 19.2 Å². The summed E-state index contributed by atoms with van der Waals surface area (Å²) in [4.78, 5) is 11.4. The van der Waals surface area contributed by atoms with Crippen LogP contribution in [0.4, 0.5) is 5.69 Å².